The molecule has 4 heteroatoms. The summed E-state index contributed by atoms with van der Waals surface area (Å²) in [5, 5.41) is 9.86. The van der Waals surface area contributed by atoms with Crippen molar-refractivity contribution in [2.75, 3.05) is 0 Å². The van der Waals surface area contributed by atoms with E-state index in [-0.39, 0.29) is 17.8 Å². The van der Waals surface area contributed by atoms with E-state index in [0.29, 0.717) is 18.3 Å². The number of nitrogens with zero attached hydrogens (tertiary/aromatic N) is 2. The molecule has 1 aliphatic carbocycles. The standard InChI is InChI=1S/C14H22N2O2/c1-9(2)12-5-4-11(17)6-13(12)16-8-10(3)7-15-14(16)18/h7-9,11-13,17H,4-6H2,1-3H3. The van der Waals surface area contributed by atoms with E-state index < -0.39 is 0 Å². The summed E-state index contributed by atoms with van der Waals surface area (Å²) in [6, 6.07) is 0.0775. The van der Waals surface area contributed by atoms with Gasteiger partial charge in [-0.3, -0.25) is 4.57 Å². The maximum atomic E-state index is 11.9. The SMILES string of the molecule is Cc1cnc(=O)n(C2CC(O)CCC2C(C)C)c1. The maximum absolute atomic E-state index is 11.9. The molecule has 1 aromatic heterocycles. The van der Waals surface area contributed by atoms with Gasteiger partial charge in [0.25, 0.3) is 0 Å². The fraction of sp³-hybridized carbons (Fsp3) is 0.714. The van der Waals surface area contributed by atoms with Gasteiger partial charge >= 0.3 is 5.69 Å². The fourth-order valence-corrected chi connectivity index (χ4v) is 3.02. The molecule has 3 atom stereocenters. The molecule has 1 aliphatic rings. The third kappa shape index (κ3) is 2.64. The Hall–Kier alpha value is -1.16. The van der Waals surface area contributed by atoms with Crippen LogP contribution in [0.15, 0.2) is 17.2 Å². The quantitative estimate of drug-likeness (QED) is 0.872. The molecule has 0 saturated heterocycles. The highest BCUT2D eigenvalue weighted by molar-refractivity contribution is 5.02. The molecule has 18 heavy (non-hydrogen) atoms. The number of aliphatic hydroxyl groups is 1. The van der Waals surface area contributed by atoms with Crippen LogP contribution in [0.1, 0.15) is 44.7 Å². The molecule has 1 N–H and O–H groups in total. The van der Waals surface area contributed by atoms with E-state index in [0.717, 1.165) is 18.4 Å². The van der Waals surface area contributed by atoms with Crippen LogP contribution in [0.2, 0.25) is 0 Å². The predicted octanol–water partition coefficient (Wildman–Crippen LogP) is 1.91. The van der Waals surface area contributed by atoms with Crippen LogP contribution in [0, 0.1) is 18.8 Å². The number of aliphatic hydroxyl groups excluding tert-OH is 1. The lowest BCUT2D eigenvalue weighted by Crippen LogP contribution is -2.38. The first-order chi connectivity index (χ1) is 8.49. The molecule has 0 spiro atoms. The zero-order valence-corrected chi connectivity index (χ0v) is 11.3. The molecule has 4 nitrogen and oxygen atoms in total. The Kier molecular flexibility index (Phi) is 3.85. The summed E-state index contributed by atoms with van der Waals surface area (Å²) in [6.07, 6.45) is 5.65. The van der Waals surface area contributed by atoms with Crippen molar-refractivity contribution in [1.29, 1.82) is 0 Å². The minimum absolute atomic E-state index is 0.0775. The van der Waals surface area contributed by atoms with E-state index in [1.54, 1.807) is 10.8 Å². The van der Waals surface area contributed by atoms with Gasteiger partial charge in [-0.1, -0.05) is 13.8 Å². The van der Waals surface area contributed by atoms with Crippen molar-refractivity contribution < 1.29 is 5.11 Å². The van der Waals surface area contributed by atoms with E-state index >= 15 is 0 Å². The molecule has 1 saturated carbocycles. The molecule has 0 bridgehead atoms. The molecule has 100 valence electrons. The van der Waals surface area contributed by atoms with Crippen LogP contribution in [0.25, 0.3) is 0 Å². The normalized spacial score (nSPS) is 28.6. The minimum atomic E-state index is -0.294. The summed E-state index contributed by atoms with van der Waals surface area (Å²) < 4.78 is 1.72. The molecule has 1 heterocycles. The Balaban J connectivity index is 2.38. The van der Waals surface area contributed by atoms with E-state index in [1.165, 1.54) is 0 Å². The topological polar surface area (TPSA) is 55.1 Å². The van der Waals surface area contributed by atoms with Crippen molar-refractivity contribution in [3.05, 3.63) is 28.4 Å². The second-order valence-corrected chi connectivity index (χ2v) is 5.76. The monoisotopic (exact) mass is 250 g/mol. The van der Waals surface area contributed by atoms with Crippen LogP contribution in [-0.2, 0) is 0 Å². The first-order valence-electron chi connectivity index (χ1n) is 6.72. The number of hydrogen-bond donors (Lipinski definition) is 1. The molecular weight excluding hydrogens is 228 g/mol. The third-order valence-electron chi connectivity index (χ3n) is 4.00. The third-order valence-corrected chi connectivity index (χ3v) is 4.00. The molecule has 2 rings (SSSR count). The molecule has 1 aromatic rings. The second-order valence-electron chi connectivity index (χ2n) is 5.76. The summed E-state index contributed by atoms with van der Waals surface area (Å²) >= 11 is 0. The molecule has 3 unspecified atom stereocenters. The van der Waals surface area contributed by atoms with Gasteiger partial charge in [0, 0.05) is 18.4 Å². The van der Waals surface area contributed by atoms with Crippen molar-refractivity contribution in [2.24, 2.45) is 11.8 Å². The van der Waals surface area contributed by atoms with Crippen LogP contribution in [0.3, 0.4) is 0 Å². The highest BCUT2D eigenvalue weighted by Gasteiger charge is 2.33. The van der Waals surface area contributed by atoms with E-state index in [9.17, 15) is 9.90 Å². The van der Waals surface area contributed by atoms with Crippen molar-refractivity contribution in [1.82, 2.24) is 9.55 Å². The van der Waals surface area contributed by atoms with Gasteiger partial charge in [0.1, 0.15) is 0 Å². The fourth-order valence-electron chi connectivity index (χ4n) is 3.02. The van der Waals surface area contributed by atoms with E-state index in [1.807, 2.05) is 13.1 Å². The van der Waals surface area contributed by atoms with Crippen LogP contribution in [-0.4, -0.2) is 20.8 Å². The lowest BCUT2D eigenvalue weighted by molar-refractivity contribution is 0.0549. The van der Waals surface area contributed by atoms with Crippen molar-refractivity contribution in [3.63, 3.8) is 0 Å². The average molecular weight is 250 g/mol. The molecule has 0 aliphatic heterocycles. The number of hydrogen-bond acceptors (Lipinski definition) is 3. The van der Waals surface area contributed by atoms with Gasteiger partial charge in [-0.05, 0) is 43.6 Å². The van der Waals surface area contributed by atoms with Crippen LogP contribution in [0.4, 0.5) is 0 Å². The Labute approximate surface area is 108 Å². The van der Waals surface area contributed by atoms with Gasteiger partial charge in [-0.15, -0.1) is 0 Å². The van der Waals surface area contributed by atoms with Crippen molar-refractivity contribution in [2.45, 2.75) is 52.2 Å². The second kappa shape index (κ2) is 5.22. The molecule has 1 fully saturated rings. The molecular formula is C14H22N2O2. The molecule has 0 amide bonds. The zero-order chi connectivity index (χ0) is 13.3. The lowest BCUT2D eigenvalue weighted by atomic mass is 9.76. The highest BCUT2D eigenvalue weighted by Crippen LogP contribution is 2.37. The minimum Gasteiger partial charge on any atom is -0.393 e. The van der Waals surface area contributed by atoms with Gasteiger partial charge in [0.05, 0.1) is 6.10 Å². The van der Waals surface area contributed by atoms with Crippen LogP contribution in [0.5, 0.6) is 0 Å². The van der Waals surface area contributed by atoms with Crippen LogP contribution >= 0.6 is 0 Å². The predicted molar refractivity (Wildman–Crippen MR) is 70.5 cm³/mol. The number of aryl methyl sites for hydroxylation is 1. The average Bonchev–Trinajstić information content (AvgIpc) is 2.31. The summed E-state index contributed by atoms with van der Waals surface area (Å²) in [7, 11) is 0. The number of rotatable bonds is 2. The Morgan fingerprint density at radius 1 is 1.44 bits per heavy atom. The van der Waals surface area contributed by atoms with Crippen molar-refractivity contribution in [3.8, 4) is 0 Å². The molecule has 0 aromatic carbocycles. The summed E-state index contributed by atoms with van der Waals surface area (Å²) in [5.41, 5.74) is 0.780. The molecule has 0 radical (unpaired) electrons. The van der Waals surface area contributed by atoms with E-state index in [2.05, 4.69) is 18.8 Å². The zero-order valence-electron chi connectivity index (χ0n) is 11.3. The van der Waals surface area contributed by atoms with E-state index in [4.69, 9.17) is 0 Å². The first-order valence-corrected chi connectivity index (χ1v) is 6.72. The lowest BCUT2D eigenvalue weighted by Gasteiger charge is -2.37. The summed E-state index contributed by atoms with van der Waals surface area (Å²) in [5.74, 6) is 0.949. The first kappa shape index (κ1) is 13.3. The van der Waals surface area contributed by atoms with Gasteiger partial charge in [0.15, 0.2) is 0 Å². The largest absolute Gasteiger partial charge is 0.393 e. The smallest absolute Gasteiger partial charge is 0.347 e. The summed E-state index contributed by atoms with van der Waals surface area (Å²) in [4.78, 5) is 15.8. The highest BCUT2D eigenvalue weighted by atomic mass is 16.3. The Bertz CT molecular complexity index is 467. The maximum Gasteiger partial charge on any atom is 0.347 e. The van der Waals surface area contributed by atoms with Gasteiger partial charge in [-0.2, -0.15) is 0 Å². The Morgan fingerprint density at radius 2 is 2.17 bits per heavy atom. The van der Waals surface area contributed by atoms with Gasteiger partial charge in [0.2, 0.25) is 0 Å². The van der Waals surface area contributed by atoms with Crippen molar-refractivity contribution >= 4 is 0 Å². The summed E-state index contributed by atoms with van der Waals surface area (Å²) in [6.45, 7) is 6.31. The number of aromatic nitrogens is 2. The van der Waals surface area contributed by atoms with Gasteiger partial charge < -0.3 is 5.11 Å². The van der Waals surface area contributed by atoms with Gasteiger partial charge in [-0.25, -0.2) is 9.78 Å². The van der Waals surface area contributed by atoms with Crippen LogP contribution < -0.4 is 5.69 Å². The Morgan fingerprint density at radius 3 is 2.83 bits per heavy atom.